The summed E-state index contributed by atoms with van der Waals surface area (Å²) in [5.74, 6) is 1.61. The summed E-state index contributed by atoms with van der Waals surface area (Å²) < 4.78 is 14.2. The summed E-state index contributed by atoms with van der Waals surface area (Å²) in [4.78, 5) is 27.5. The van der Waals surface area contributed by atoms with Crippen LogP contribution in [0.2, 0.25) is 0 Å². The quantitative estimate of drug-likeness (QED) is 0.703. The molecule has 1 unspecified atom stereocenters. The van der Waals surface area contributed by atoms with Gasteiger partial charge in [0.25, 0.3) is 0 Å². The largest absolute Gasteiger partial charge is 0.497 e. The van der Waals surface area contributed by atoms with Crippen LogP contribution in [0.15, 0.2) is 33.9 Å². The highest BCUT2D eigenvalue weighted by Gasteiger charge is 2.43. The highest BCUT2D eigenvalue weighted by atomic mass is 16.5. The topological polar surface area (TPSA) is 78.6 Å². The van der Waals surface area contributed by atoms with Gasteiger partial charge in [-0.05, 0) is 30.0 Å². The Morgan fingerprint density at radius 1 is 1.17 bits per heavy atom. The van der Waals surface area contributed by atoms with Gasteiger partial charge in [-0.3, -0.25) is 19.1 Å². The number of benzene rings is 1. The third-order valence-corrected chi connectivity index (χ3v) is 5.66. The second kappa shape index (κ2) is 7.76. The van der Waals surface area contributed by atoms with E-state index < -0.39 is 16.7 Å². The SMILES string of the molecule is COc1ccc(CN2CCC3(C2)Cn2c(nn(CC(C)C)c(=O)c2=O)CO3)cc1. The predicted octanol–water partition coefficient (Wildman–Crippen LogP) is 1.24. The molecule has 0 amide bonds. The first-order valence-electron chi connectivity index (χ1n) is 10.1. The van der Waals surface area contributed by atoms with E-state index in [9.17, 15) is 9.59 Å². The molecule has 1 saturated heterocycles. The Hall–Kier alpha value is -2.45. The van der Waals surface area contributed by atoms with Crippen molar-refractivity contribution in [2.75, 3.05) is 20.2 Å². The second-order valence-electron chi connectivity index (χ2n) is 8.47. The van der Waals surface area contributed by atoms with Crippen LogP contribution in [0.4, 0.5) is 0 Å². The number of likely N-dealkylation sites (tertiary alicyclic amines) is 1. The molecule has 1 spiro atoms. The average molecular weight is 400 g/mol. The molecule has 1 fully saturated rings. The van der Waals surface area contributed by atoms with Gasteiger partial charge in [0.15, 0.2) is 5.82 Å². The van der Waals surface area contributed by atoms with Crippen molar-refractivity contribution in [2.45, 2.75) is 52.1 Å². The Kier molecular flexibility index (Phi) is 5.31. The molecule has 0 aliphatic carbocycles. The van der Waals surface area contributed by atoms with Crippen molar-refractivity contribution in [3.63, 3.8) is 0 Å². The van der Waals surface area contributed by atoms with Gasteiger partial charge in [-0.2, -0.15) is 5.10 Å². The summed E-state index contributed by atoms with van der Waals surface area (Å²) in [5, 5.41) is 4.39. The number of fused-ring (bicyclic) bond motifs is 1. The van der Waals surface area contributed by atoms with Gasteiger partial charge >= 0.3 is 11.1 Å². The molecule has 2 aromatic rings. The first kappa shape index (κ1) is 19.8. The van der Waals surface area contributed by atoms with Crippen molar-refractivity contribution in [1.82, 2.24) is 19.2 Å². The van der Waals surface area contributed by atoms with Crippen LogP contribution in [-0.4, -0.2) is 45.0 Å². The molecular weight excluding hydrogens is 372 g/mol. The van der Waals surface area contributed by atoms with Gasteiger partial charge < -0.3 is 9.47 Å². The molecule has 8 heteroatoms. The van der Waals surface area contributed by atoms with Crippen LogP contribution < -0.4 is 15.9 Å². The van der Waals surface area contributed by atoms with Crippen molar-refractivity contribution in [1.29, 1.82) is 0 Å². The molecule has 29 heavy (non-hydrogen) atoms. The van der Waals surface area contributed by atoms with E-state index in [1.54, 1.807) is 7.11 Å². The van der Waals surface area contributed by atoms with Gasteiger partial charge in [-0.15, -0.1) is 0 Å². The van der Waals surface area contributed by atoms with Crippen LogP contribution in [0.5, 0.6) is 5.75 Å². The van der Waals surface area contributed by atoms with Crippen molar-refractivity contribution in [3.05, 3.63) is 56.4 Å². The highest BCUT2D eigenvalue weighted by molar-refractivity contribution is 5.27. The van der Waals surface area contributed by atoms with E-state index in [1.165, 1.54) is 14.8 Å². The molecule has 0 radical (unpaired) electrons. The lowest BCUT2D eigenvalue weighted by atomic mass is 10.0. The van der Waals surface area contributed by atoms with Crippen molar-refractivity contribution in [2.24, 2.45) is 5.92 Å². The molecule has 156 valence electrons. The van der Waals surface area contributed by atoms with E-state index in [0.717, 1.165) is 31.8 Å². The van der Waals surface area contributed by atoms with Gasteiger partial charge in [0.1, 0.15) is 18.0 Å². The third kappa shape index (κ3) is 4.00. The maximum Gasteiger partial charge on any atom is 0.332 e. The first-order chi connectivity index (χ1) is 13.9. The zero-order valence-electron chi connectivity index (χ0n) is 17.3. The molecule has 2 aliphatic heterocycles. The Bertz CT molecular complexity index is 995. The summed E-state index contributed by atoms with van der Waals surface area (Å²) >= 11 is 0. The molecule has 1 aromatic heterocycles. The van der Waals surface area contributed by atoms with Crippen molar-refractivity contribution in [3.8, 4) is 5.75 Å². The Balaban J connectivity index is 1.50. The van der Waals surface area contributed by atoms with Gasteiger partial charge in [-0.1, -0.05) is 26.0 Å². The molecule has 3 heterocycles. The van der Waals surface area contributed by atoms with E-state index in [1.807, 2.05) is 26.0 Å². The van der Waals surface area contributed by atoms with E-state index in [0.29, 0.717) is 18.9 Å². The fraction of sp³-hybridized carbons (Fsp3) is 0.571. The predicted molar refractivity (Wildman–Crippen MR) is 108 cm³/mol. The maximum atomic E-state index is 12.7. The summed E-state index contributed by atoms with van der Waals surface area (Å²) in [6.07, 6.45) is 0.824. The average Bonchev–Trinajstić information content (AvgIpc) is 3.09. The highest BCUT2D eigenvalue weighted by Crippen LogP contribution is 2.32. The normalized spacial score (nSPS) is 21.7. The zero-order valence-corrected chi connectivity index (χ0v) is 17.3. The van der Waals surface area contributed by atoms with E-state index in [-0.39, 0.29) is 12.5 Å². The molecule has 8 nitrogen and oxygen atoms in total. The lowest BCUT2D eigenvalue weighted by molar-refractivity contribution is -0.0859. The molecule has 2 aliphatic rings. The molecule has 4 rings (SSSR count). The van der Waals surface area contributed by atoms with E-state index in [2.05, 4.69) is 22.1 Å². The fourth-order valence-electron chi connectivity index (χ4n) is 4.17. The lowest BCUT2D eigenvalue weighted by Gasteiger charge is -2.35. The van der Waals surface area contributed by atoms with Crippen LogP contribution in [0.25, 0.3) is 0 Å². The lowest BCUT2D eigenvalue weighted by Crippen LogP contribution is -2.53. The summed E-state index contributed by atoms with van der Waals surface area (Å²) in [5.41, 5.74) is -0.282. The molecule has 0 N–H and O–H groups in total. The first-order valence-corrected chi connectivity index (χ1v) is 10.1. The minimum absolute atomic E-state index is 0.236. The van der Waals surface area contributed by atoms with Gasteiger partial charge in [0, 0.05) is 26.2 Å². The molecular formula is C21H28N4O4. The van der Waals surface area contributed by atoms with Crippen LogP contribution in [-0.2, 0) is 31.0 Å². The summed E-state index contributed by atoms with van der Waals surface area (Å²) in [6.45, 7) is 7.47. The van der Waals surface area contributed by atoms with Crippen molar-refractivity contribution >= 4 is 0 Å². The van der Waals surface area contributed by atoms with Crippen LogP contribution in [0, 0.1) is 5.92 Å². The van der Waals surface area contributed by atoms with Gasteiger partial charge in [0.2, 0.25) is 0 Å². The van der Waals surface area contributed by atoms with Crippen molar-refractivity contribution < 1.29 is 9.47 Å². The van der Waals surface area contributed by atoms with E-state index >= 15 is 0 Å². The monoisotopic (exact) mass is 400 g/mol. The van der Waals surface area contributed by atoms with Gasteiger partial charge in [-0.25, -0.2) is 4.68 Å². The molecule has 0 saturated carbocycles. The summed E-state index contributed by atoms with van der Waals surface area (Å²) in [6, 6.07) is 8.04. The molecule has 1 atom stereocenters. The Morgan fingerprint density at radius 3 is 2.62 bits per heavy atom. The minimum atomic E-state index is -0.549. The molecule has 1 aromatic carbocycles. The van der Waals surface area contributed by atoms with Crippen LogP contribution in [0.3, 0.4) is 0 Å². The fourth-order valence-corrected chi connectivity index (χ4v) is 4.17. The Morgan fingerprint density at radius 2 is 1.93 bits per heavy atom. The standard InChI is InChI=1S/C21H28N4O4/c1-15(2)10-25-20(27)19(26)24-14-21(29-12-18(24)22-25)8-9-23(13-21)11-16-4-6-17(28-3)7-5-16/h4-7,15H,8-14H2,1-3H3. The number of hydrogen-bond donors (Lipinski definition) is 0. The number of methoxy groups -OCH3 is 1. The number of nitrogens with zero attached hydrogens (tertiary/aromatic N) is 4. The minimum Gasteiger partial charge on any atom is -0.497 e. The second-order valence-corrected chi connectivity index (χ2v) is 8.47. The van der Waals surface area contributed by atoms with Crippen LogP contribution >= 0.6 is 0 Å². The maximum absolute atomic E-state index is 12.7. The number of rotatable bonds is 5. The Labute approximate surface area is 169 Å². The van der Waals surface area contributed by atoms with E-state index in [4.69, 9.17) is 9.47 Å². The third-order valence-electron chi connectivity index (χ3n) is 5.66. The smallest absolute Gasteiger partial charge is 0.332 e. The number of ether oxygens (including phenoxy) is 2. The number of hydrogen-bond acceptors (Lipinski definition) is 6. The zero-order chi connectivity index (χ0) is 20.6. The molecule has 0 bridgehead atoms. The summed E-state index contributed by atoms with van der Waals surface area (Å²) in [7, 11) is 1.66. The number of aromatic nitrogens is 3. The van der Waals surface area contributed by atoms with Crippen LogP contribution in [0.1, 0.15) is 31.7 Å². The van der Waals surface area contributed by atoms with Gasteiger partial charge in [0.05, 0.1) is 13.7 Å².